The molecule has 1 aromatic heterocycles. The average molecular weight is 264 g/mol. The lowest BCUT2D eigenvalue weighted by molar-refractivity contribution is -0.119. The van der Waals surface area contributed by atoms with E-state index < -0.39 is 12.7 Å². The Morgan fingerprint density at radius 2 is 2.00 bits per heavy atom. The summed E-state index contributed by atoms with van der Waals surface area (Å²) in [7, 11) is 1.65. The summed E-state index contributed by atoms with van der Waals surface area (Å²) < 4.78 is 39.1. The Morgan fingerprint density at radius 1 is 1.39 bits per heavy atom. The fraction of sp³-hybridized carbons (Fsp3) is 0.727. The minimum absolute atomic E-state index is 0.274. The number of nitrogens with two attached hydrogens (primary N) is 1. The molecule has 0 radical (unpaired) electrons. The van der Waals surface area contributed by atoms with Crippen molar-refractivity contribution >= 4 is 5.82 Å². The van der Waals surface area contributed by atoms with Crippen molar-refractivity contribution in [3.63, 3.8) is 0 Å². The van der Waals surface area contributed by atoms with Gasteiger partial charge in [-0.05, 0) is 26.8 Å². The van der Waals surface area contributed by atoms with E-state index in [1.807, 2.05) is 0 Å². The molecule has 0 aliphatic heterocycles. The SMILES string of the molecule is CCN(CC(F)(F)F)c1c(CCN)c(C)nn1C. The lowest BCUT2D eigenvalue weighted by atomic mass is 10.1. The van der Waals surface area contributed by atoms with Crippen molar-refractivity contribution in [3.8, 4) is 0 Å². The number of hydrogen-bond donors (Lipinski definition) is 1. The van der Waals surface area contributed by atoms with E-state index in [-0.39, 0.29) is 6.54 Å². The van der Waals surface area contributed by atoms with Crippen LogP contribution >= 0.6 is 0 Å². The van der Waals surface area contributed by atoms with Gasteiger partial charge in [0.05, 0.1) is 5.69 Å². The smallest absolute Gasteiger partial charge is 0.348 e. The lowest BCUT2D eigenvalue weighted by Crippen LogP contribution is -2.36. The predicted molar refractivity (Wildman–Crippen MR) is 64.6 cm³/mol. The zero-order valence-corrected chi connectivity index (χ0v) is 10.9. The number of anilines is 1. The normalized spacial score (nSPS) is 11.9. The van der Waals surface area contributed by atoms with Crippen LogP contribution in [0.1, 0.15) is 18.2 Å². The molecule has 18 heavy (non-hydrogen) atoms. The molecular formula is C11H19F3N4. The largest absolute Gasteiger partial charge is 0.405 e. The second-order valence-electron chi connectivity index (χ2n) is 4.18. The van der Waals surface area contributed by atoms with E-state index in [2.05, 4.69) is 5.10 Å². The highest BCUT2D eigenvalue weighted by Gasteiger charge is 2.32. The Kier molecular flexibility index (Phi) is 4.61. The second kappa shape index (κ2) is 5.60. The summed E-state index contributed by atoms with van der Waals surface area (Å²) in [6.07, 6.45) is -3.70. The van der Waals surface area contributed by atoms with Crippen LogP contribution in [0.5, 0.6) is 0 Å². The van der Waals surface area contributed by atoms with Crippen LogP contribution in [0.25, 0.3) is 0 Å². The maximum atomic E-state index is 12.5. The van der Waals surface area contributed by atoms with Gasteiger partial charge in [0.2, 0.25) is 0 Å². The number of alkyl halides is 3. The Labute approximate surface area is 105 Å². The third-order valence-corrected chi connectivity index (χ3v) is 2.76. The maximum Gasteiger partial charge on any atom is 0.405 e. The van der Waals surface area contributed by atoms with Gasteiger partial charge in [-0.1, -0.05) is 0 Å². The Bertz CT molecular complexity index is 398. The second-order valence-corrected chi connectivity index (χ2v) is 4.18. The number of nitrogens with zero attached hydrogens (tertiary/aromatic N) is 3. The molecule has 0 atom stereocenters. The molecule has 1 aromatic rings. The predicted octanol–water partition coefficient (Wildman–Crippen LogP) is 1.62. The van der Waals surface area contributed by atoms with E-state index in [0.29, 0.717) is 18.8 Å². The molecule has 0 amide bonds. The van der Waals surface area contributed by atoms with Crippen LogP contribution < -0.4 is 10.6 Å². The molecule has 0 aliphatic rings. The van der Waals surface area contributed by atoms with Gasteiger partial charge in [0.15, 0.2) is 0 Å². The molecule has 0 saturated carbocycles. The average Bonchev–Trinajstić information content (AvgIpc) is 2.50. The van der Waals surface area contributed by atoms with Gasteiger partial charge in [-0.25, -0.2) is 0 Å². The van der Waals surface area contributed by atoms with Gasteiger partial charge in [-0.3, -0.25) is 4.68 Å². The topological polar surface area (TPSA) is 47.1 Å². The first-order valence-electron chi connectivity index (χ1n) is 5.84. The van der Waals surface area contributed by atoms with Crippen LogP contribution in [0.4, 0.5) is 19.0 Å². The summed E-state index contributed by atoms with van der Waals surface area (Å²) in [4.78, 5) is 1.28. The summed E-state index contributed by atoms with van der Waals surface area (Å²) >= 11 is 0. The summed E-state index contributed by atoms with van der Waals surface area (Å²) in [5, 5.41) is 4.18. The minimum Gasteiger partial charge on any atom is -0.348 e. The highest BCUT2D eigenvalue weighted by atomic mass is 19.4. The van der Waals surface area contributed by atoms with Crippen molar-refractivity contribution in [1.82, 2.24) is 9.78 Å². The molecule has 1 heterocycles. The minimum atomic E-state index is -4.23. The molecular weight excluding hydrogens is 245 g/mol. The number of halogens is 3. The first-order valence-corrected chi connectivity index (χ1v) is 5.84. The molecule has 7 heteroatoms. The monoisotopic (exact) mass is 264 g/mol. The van der Waals surface area contributed by atoms with Gasteiger partial charge in [0.1, 0.15) is 12.4 Å². The van der Waals surface area contributed by atoms with Crippen LogP contribution in [-0.2, 0) is 13.5 Å². The van der Waals surface area contributed by atoms with Crippen LogP contribution in [0, 0.1) is 6.92 Å². The summed E-state index contributed by atoms with van der Waals surface area (Å²) in [6, 6.07) is 0. The van der Waals surface area contributed by atoms with Gasteiger partial charge < -0.3 is 10.6 Å². The molecule has 0 bridgehead atoms. The van der Waals surface area contributed by atoms with Crippen molar-refractivity contribution in [2.75, 3.05) is 24.5 Å². The molecule has 104 valence electrons. The number of aryl methyl sites for hydroxylation is 2. The molecule has 0 unspecified atom stereocenters. The summed E-state index contributed by atoms with van der Waals surface area (Å²) in [5.74, 6) is 0.512. The van der Waals surface area contributed by atoms with Crippen molar-refractivity contribution in [3.05, 3.63) is 11.3 Å². The van der Waals surface area contributed by atoms with Crippen LogP contribution in [0.2, 0.25) is 0 Å². The molecule has 0 spiro atoms. The van der Waals surface area contributed by atoms with Gasteiger partial charge in [-0.2, -0.15) is 18.3 Å². The molecule has 0 saturated heterocycles. The zero-order valence-electron chi connectivity index (χ0n) is 10.9. The van der Waals surface area contributed by atoms with E-state index >= 15 is 0 Å². The molecule has 0 aliphatic carbocycles. The Balaban J connectivity index is 3.11. The Morgan fingerprint density at radius 3 is 2.44 bits per heavy atom. The summed E-state index contributed by atoms with van der Waals surface area (Å²) in [6.45, 7) is 3.18. The third-order valence-electron chi connectivity index (χ3n) is 2.76. The van der Waals surface area contributed by atoms with Crippen LogP contribution in [0.15, 0.2) is 0 Å². The standard InChI is InChI=1S/C11H19F3N4/c1-4-18(7-11(12,13)14)10-9(5-6-15)8(2)16-17(10)3/h4-7,15H2,1-3H3. The maximum absolute atomic E-state index is 12.5. The number of hydrogen-bond acceptors (Lipinski definition) is 3. The van der Waals surface area contributed by atoms with E-state index in [1.165, 1.54) is 9.58 Å². The Hall–Kier alpha value is -1.24. The molecule has 1 rings (SSSR count). The first-order chi connectivity index (χ1) is 8.30. The van der Waals surface area contributed by atoms with Gasteiger partial charge in [-0.15, -0.1) is 0 Å². The van der Waals surface area contributed by atoms with Gasteiger partial charge in [0.25, 0.3) is 0 Å². The van der Waals surface area contributed by atoms with Crippen molar-refractivity contribution in [1.29, 1.82) is 0 Å². The van der Waals surface area contributed by atoms with E-state index in [0.717, 1.165) is 11.3 Å². The van der Waals surface area contributed by atoms with Crippen molar-refractivity contribution in [2.45, 2.75) is 26.4 Å². The van der Waals surface area contributed by atoms with Gasteiger partial charge in [0, 0.05) is 19.2 Å². The highest BCUT2D eigenvalue weighted by molar-refractivity contribution is 5.50. The number of aromatic nitrogens is 2. The highest BCUT2D eigenvalue weighted by Crippen LogP contribution is 2.27. The summed E-state index contributed by atoms with van der Waals surface area (Å²) in [5.41, 5.74) is 7.03. The van der Waals surface area contributed by atoms with E-state index in [1.54, 1.807) is 20.9 Å². The van der Waals surface area contributed by atoms with Crippen LogP contribution in [0.3, 0.4) is 0 Å². The van der Waals surface area contributed by atoms with Crippen molar-refractivity contribution < 1.29 is 13.2 Å². The molecule has 0 fully saturated rings. The van der Waals surface area contributed by atoms with Crippen molar-refractivity contribution in [2.24, 2.45) is 12.8 Å². The number of rotatable bonds is 5. The van der Waals surface area contributed by atoms with E-state index in [4.69, 9.17) is 5.73 Å². The lowest BCUT2D eigenvalue weighted by Gasteiger charge is -2.25. The van der Waals surface area contributed by atoms with Crippen LogP contribution in [-0.4, -0.2) is 35.6 Å². The van der Waals surface area contributed by atoms with E-state index in [9.17, 15) is 13.2 Å². The first kappa shape index (κ1) is 14.8. The zero-order chi connectivity index (χ0) is 13.9. The molecule has 4 nitrogen and oxygen atoms in total. The fourth-order valence-electron chi connectivity index (χ4n) is 2.08. The quantitative estimate of drug-likeness (QED) is 0.879. The molecule has 2 N–H and O–H groups in total. The third kappa shape index (κ3) is 3.38. The molecule has 0 aromatic carbocycles. The fourth-order valence-corrected chi connectivity index (χ4v) is 2.08. The van der Waals surface area contributed by atoms with Gasteiger partial charge >= 0.3 is 6.18 Å².